The van der Waals surface area contributed by atoms with E-state index in [1.54, 1.807) is 0 Å². The summed E-state index contributed by atoms with van der Waals surface area (Å²) in [6.45, 7) is 2.02. The first-order valence-electron chi connectivity index (χ1n) is 5.59. The zero-order valence-electron chi connectivity index (χ0n) is 9.95. The maximum absolute atomic E-state index is 13.4. The second-order valence-corrected chi connectivity index (χ2v) is 5.13. The Morgan fingerprint density at radius 3 is 2.33 bits per heavy atom. The van der Waals surface area contributed by atoms with E-state index in [0.717, 1.165) is 11.1 Å². The molecule has 1 atom stereocenters. The summed E-state index contributed by atoms with van der Waals surface area (Å²) in [4.78, 5) is 0. The summed E-state index contributed by atoms with van der Waals surface area (Å²) in [6.07, 6.45) is 0. The van der Waals surface area contributed by atoms with Crippen molar-refractivity contribution in [1.29, 1.82) is 0 Å². The molecule has 0 aliphatic heterocycles. The fourth-order valence-electron chi connectivity index (χ4n) is 1.89. The molecule has 18 heavy (non-hydrogen) atoms. The van der Waals surface area contributed by atoms with Crippen LogP contribution in [0.25, 0.3) is 0 Å². The molecule has 0 aliphatic carbocycles. The Hall–Kier alpha value is -1.23. The van der Waals surface area contributed by atoms with E-state index in [0.29, 0.717) is 4.47 Å². The zero-order chi connectivity index (χ0) is 13.1. The Kier molecular flexibility index (Phi) is 4.11. The van der Waals surface area contributed by atoms with Gasteiger partial charge < -0.3 is 0 Å². The van der Waals surface area contributed by atoms with Crippen molar-refractivity contribution < 1.29 is 4.39 Å². The summed E-state index contributed by atoms with van der Waals surface area (Å²) in [7, 11) is 0. The van der Waals surface area contributed by atoms with Crippen molar-refractivity contribution in [3.63, 3.8) is 0 Å². The Labute approximate surface area is 114 Å². The minimum atomic E-state index is -0.285. The highest BCUT2D eigenvalue weighted by molar-refractivity contribution is 9.10. The third-order valence-electron chi connectivity index (χ3n) is 2.80. The van der Waals surface area contributed by atoms with Crippen LogP contribution in [0, 0.1) is 12.7 Å². The molecule has 0 heterocycles. The Morgan fingerprint density at radius 2 is 1.78 bits per heavy atom. The second-order valence-electron chi connectivity index (χ2n) is 4.21. The van der Waals surface area contributed by atoms with Crippen molar-refractivity contribution in [2.24, 2.45) is 5.84 Å². The van der Waals surface area contributed by atoms with Crippen molar-refractivity contribution >= 4 is 15.9 Å². The molecule has 0 amide bonds. The van der Waals surface area contributed by atoms with E-state index >= 15 is 0 Å². The van der Waals surface area contributed by atoms with Crippen molar-refractivity contribution in [1.82, 2.24) is 5.43 Å². The maximum atomic E-state index is 13.4. The number of benzene rings is 2. The summed E-state index contributed by atoms with van der Waals surface area (Å²) in [5.74, 6) is 5.30. The van der Waals surface area contributed by atoms with Gasteiger partial charge in [-0.25, -0.2) is 9.82 Å². The van der Waals surface area contributed by atoms with E-state index in [2.05, 4.69) is 21.4 Å². The molecule has 0 saturated carbocycles. The first-order chi connectivity index (χ1) is 8.60. The second kappa shape index (κ2) is 5.61. The van der Waals surface area contributed by atoms with Gasteiger partial charge in [0.25, 0.3) is 0 Å². The topological polar surface area (TPSA) is 38.0 Å². The Morgan fingerprint density at radius 1 is 1.11 bits per heavy atom. The first kappa shape index (κ1) is 13.2. The molecule has 0 aromatic heterocycles. The predicted molar refractivity (Wildman–Crippen MR) is 74.4 cm³/mol. The molecular formula is C14H14BrFN2. The summed E-state index contributed by atoms with van der Waals surface area (Å²) in [5, 5.41) is 0. The van der Waals surface area contributed by atoms with Crippen LogP contribution in [0.5, 0.6) is 0 Å². The summed E-state index contributed by atoms with van der Waals surface area (Å²) in [6, 6.07) is 12.5. The van der Waals surface area contributed by atoms with E-state index in [9.17, 15) is 4.39 Å². The number of hydrazine groups is 1. The van der Waals surface area contributed by atoms with E-state index in [1.807, 2.05) is 37.3 Å². The summed E-state index contributed by atoms with van der Waals surface area (Å²) < 4.78 is 14.1. The highest BCUT2D eigenvalue weighted by Crippen LogP contribution is 2.25. The van der Waals surface area contributed by atoms with Crippen LogP contribution >= 0.6 is 15.9 Å². The fourth-order valence-corrected chi connectivity index (χ4v) is 2.37. The van der Waals surface area contributed by atoms with Crippen LogP contribution in [0.15, 0.2) is 46.9 Å². The molecule has 0 fully saturated rings. The monoisotopic (exact) mass is 308 g/mol. The number of halogens is 2. The molecule has 2 aromatic carbocycles. The molecular weight excluding hydrogens is 295 g/mol. The van der Waals surface area contributed by atoms with Gasteiger partial charge in [0.05, 0.1) is 6.04 Å². The lowest BCUT2D eigenvalue weighted by Gasteiger charge is -2.17. The molecule has 4 heteroatoms. The van der Waals surface area contributed by atoms with Gasteiger partial charge in [-0.15, -0.1) is 0 Å². The molecule has 3 N–H and O–H groups in total. The minimum Gasteiger partial charge on any atom is -0.271 e. The molecule has 94 valence electrons. The third kappa shape index (κ3) is 2.96. The van der Waals surface area contributed by atoms with Gasteiger partial charge in [-0.3, -0.25) is 5.84 Å². The van der Waals surface area contributed by atoms with Crippen LogP contribution in [-0.4, -0.2) is 0 Å². The van der Waals surface area contributed by atoms with Crippen LogP contribution in [0.4, 0.5) is 4.39 Å². The maximum Gasteiger partial charge on any atom is 0.124 e. The molecule has 2 nitrogen and oxygen atoms in total. The fraction of sp³-hybridized carbons (Fsp3) is 0.143. The van der Waals surface area contributed by atoms with Gasteiger partial charge in [0, 0.05) is 4.47 Å². The lowest BCUT2D eigenvalue weighted by Crippen LogP contribution is -2.28. The highest BCUT2D eigenvalue weighted by atomic mass is 79.9. The van der Waals surface area contributed by atoms with Crippen molar-refractivity contribution in [3.05, 3.63) is 69.4 Å². The quantitative estimate of drug-likeness (QED) is 0.673. The zero-order valence-corrected chi connectivity index (χ0v) is 11.5. The first-order valence-corrected chi connectivity index (χ1v) is 6.38. The standard InChI is InChI=1S/C14H14BrFN2/c1-9-2-4-10(5-3-9)14(18-17)11-6-12(15)8-13(16)7-11/h2-8,14,18H,17H2,1H3. The van der Waals surface area contributed by atoms with Gasteiger partial charge in [0.1, 0.15) is 5.82 Å². The minimum absolute atomic E-state index is 0.224. The molecule has 0 aliphatic rings. The Balaban J connectivity index is 2.41. The average Bonchev–Trinajstić information content (AvgIpc) is 2.31. The van der Waals surface area contributed by atoms with Gasteiger partial charge in [-0.2, -0.15) is 0 Å². The molecule has 0 saturated heterocycles. The van der Waals surface area contributed by atoms with Crippen molar-refractivity contribution in [2.45, 2.75) is 13.0 Å². The third-order valence-corrected chi connectivity index (χ3v) is 3.25. The SMILES string of the molecule is Cc1ccc(C(NN)c2cc(F)cc(Br)c2)cc1. The van der Waals surface area contributed by atoms with Crippen LogP contribution in [-0.2, 0) is 0 Å². The number of aryl methyl sites for hydroxylation is 1. The van der Waals surface area contributed by atoms with E-state index in [1.165, 1.54) is 17.7 Å². The van der Waals surface area contributed by atoms with Gasteiger partial charge in [-0.05, 0) is 36.2 Å². The highest BCUT2D eigenvalue weighted by Gasteiger charge is 2.13. The van der Waals surface area contributed by atoms with Gasteiger partial charge in [0.2, 0.25) is 0 Å². The molecule has 0 bridgehead atoms. The smallest absolute Gasteiger partial charge is 0.124 e. The number of nitrogens with one attached hydrogen (secondary N) is 1. The summed E-state index contributed by atoms with van der Waals surface area (Å²) >= 11 is 3.29. The average molecular weight is 309 g/mol. The predicted octanol–water partition coefficient (Wildman–Crippen LogP) is 3.45. The van der Waals surface area contributed by atoms with E-state index < -0.39 is 0 Å². The molecule has 2 aromatic rings. The lowest BCUT2D eigenvalue weighted by atomic mass is 9.98. The molecule has 1 unspecified atom stereocenters. The van der Waals surface area contributed by atoms with Crippen LogP contribution in [0.2, 0.25) is 0 Å². The Bertz CT molecular complexity index is 520. The lowest BCUT2D eigenvalue weighted by molar-refractivity contribution is 0.604. The van der Waals surface area contributed by atoms with Gasteiger partial charge in [-0.1, -0.05) is 45.8 Å². The van der Waals surface area contributed by atoms with Gasteiger partial charge >= 0.3 is 0 Å². The summed E-state index contributed by atoms with van der Waals surface area (Å²) in [5.41, 5.74) is 5.68. The van der Waals surface area contributed by atoms with E-state index in [4.69, 9.17) is 5.84 Å². The van der Waals surface area contributed by atoms with Crippen LogP contribution < -0.4 is 11.3 Å². The van der Waals surface area contributed by atoms with Crippen LogP contribution in [0.1, 0.15) is 22.7 Å². The van der Waals surface area contributed by atoms with Crippen molar-refractivity contribution in [3.8, 4) is 0 Å². The largest absolute Gasteiger partial charge is 0.271 e. The molecule has 2 rings (SSSR count). The number of hydrogen-bond donors (Lipinski definition) is 2. The normalized spacial score (nSPS) is 12.4. The van der Waals surface area contributed by atoms with Crippen LogP contribution in [0.3, 0.4) is 0 Å². The van der Waals surface area contributed by atoms with Crippen molar-refractivity contribution in [2.75, 3.05) is 0 Å². The van der Waals surface area contributed by atoms with E-state index in [-0.39, 0.29) is 11.9 Å². The molecule has 0 radical (unpaired) electrons. The number of nitrogens with two attached hydrogens (primary N) is 1. The number of hydrogen-bond acceptors (Lipinski definition) is 2. The molecule has 0 spiro atoms. The number of rotatable bonds is 3. The van der Waals surface area contributed by atoms with Gasteiger partial charge in [0.15, 0.2) is 0 Å².